The Hall–Kier alpha value is -2.15. The quantitative estimate of drug-likeness (QED) is 0.621. The standard InChI is InChI=1S/C14H14N4O2S/c1-2-8-18-12(10-3-6-15-7-4-10)16-17-14(18)21-11-5-9-20-13(11)19/h2-4,6-7,11H,1,5,8-9H2/t11-/m0/s1. The number of allylic oxidation sites excluding steroid dienone is 1. The van der Waals surface area contributed by atoms with Crippen LogP contribution in [0.5, 0.6) is 0 Å². The molecule has 108 valence electrons. The number of thioether (sulfide) groups is 1. The maximum atomic E-state index is 11.6. The molecule has 0 radical (unpaired) electrons. The molecule has 0 aliphatic carbocycles. The second-order valence-corrected chi connectivity index (χ2v) is 5.67. The number of hydrogen-bond donors (Lipinski definition) is 0. The summed E-state index contributed by atoms with van der Waals surface area (Å²) in [6.45, 7) is 4.82. The molecule has 0 spiro atoms. The molecule has 7 heteroatoms. The summed E-state index contributed by atoms with van der Waals surface area (Å²) in [5.41, 5.74) is 0.931. The number of cyclic esters (lactones) is 1. The lowest BCUT2D eigenvalue weighted by Crippen LogP contribution is -2.11. The molecule has 1 atom stereocenters. The molecule has 0 bridgehead atoms. The van der Waals surface area contributed by atoms with Crippen LogP contribution >= 0.6 is 11.8 Å². The van der Waals surface area contributed by atoms with Crippen LogP contribution in [0.1, 0.15) is 6.42 Å². The number of carbonyl (C=O) groups excluding carboxylic acids is 1. The van der Waals surface area contributed by atoms with Gasteiger partial charge in [0.15, 0.2) is 11.0 Å². The Bertz CT molecular complexity index is 656. The van der Waals surface area contributed by atoms with Crippen LogP contribution in [-0.4, -0.2) is 37.6 Å². The summed E-state index contributed by atoms with van der Waals surface area (Å²) in [7, 11) is 0. The van der Waals surface area contributed by atoms with E-state index in [4.69, 9.17) is 4.74 Å². The van der Waals surface area contributed by atoms with Gasteiger partial charge in [-0.3, -0.25) is 14.3 Å². The van der Waals surface area contributed by atoms with Gasteiger partial charge in [-0.05, 0) is 12.1 Å². The molecule has 2 aromatic heterocycles. The van der Waals surface area contributed by atoms with Gasteiger partial charge in [0.05, 0.1) is 6.61 Å². The lowest BCUT2D eigenvalue weighted by atomic mass is 10.2. The minimum absolute atomic E-state index is 0.182. The van der Waals surface area contributed by atoms with E-state index >= 15 is 0 Å². The van der Waals surface area contributed by atoms with E-state index in [0.29, 0.717) is 24.7 Å². The monoisotopic (exact) mass is 302 g/mol. The van der Waals surface area contributed by atoms with Gasteiger partial charge in [0.2, 0.25) is 0 Å². The number of carbonyl (C=O) groups is 1. The number of nitrogens with zero attached hydrogens (tertiary/aromatic N) is 4. The van der Waals surface area contributed by atoms with Crippen LogP contribution in [0.15, 0.2) is 42.3 Å². The Morgan fingerprint density at radius 1 is 1.43 bits per heavy atom. The van der Waals surface area contributed by atoms with Gasteiger partial charge in [0, 0.05) is 30.9 Å². The molecule has 3 heterocycles. The van der Waals surface area contributed by atoms with Gasteiger partial charge in [-0.15, -0.1) is 16.8 Å². The van der Waals surface area contributed by atoms with Crippen LogP contribution in [0.25, 0.3) is 11.4 Å². The average molecular weight is 302 g/mol. The molecular formula is C14H14N4O2S. The van der Waals surface area contributed by atoms with Gasteiger partial charge in [-0.1, -0.05) is 17.8 Å². The zero-order valence-electron chi connectivity index (χ0n) is 11.3. The fourth-order valence-corrected chi connectivity index (χ4v) is 3.10. The van der Waals surface area contributed by atoms with Crippen LogP contribution in [0.4, 0.5) is 0 Å². The second-order valence-electron chi connectivity index (χ2n) is 4.50. The van der Waals surface area contributed by atoms with Crippen molar-refractivity contribution in [2.24, 2.45) is 0 Å². The molecule has 6 nitrogen and oxygen atoms in total. The molecule has 21 heavy (non-hydrogen) atoms. The Balaban J connectivity index is 1.92. The van der Waals surface area contributed by atoms with E-state index in [1.165, 1.54) is 11.8 Å². The van der Waals surface area contributed by atoms with Gasteiger partial charge in [-0.25, -0.2) is 0 Å². The summed E-state index contributed by atoms with van der Waals surface area (Å²) >= 11 is 1.39. The largest absolute Gasteiger partial charge is 0.465 e. The first-order valence-electron chi connectivity index (χ1n) is 6.57. The van der Waals surface area contributed by atoms with E-state index in [1.54, 1.807) is 18.5 Å². The van der Waals surface area contributed by atoms with Crippen LogP contribution in [0.3, 0.4) is 0 Å². The third-order valence-corrected chi connectivity index (χ3v) is 4.33. The molecule has 0 saturated carbocycles. The number of ether oxygens (including phenoxy) is 1. The Morgan fingerprint density at radius 2 is 2.24 bits per heavy atom. The number of rotatable bonds is 5. The highest BCUT2D eigenvalue weighted by molar-refractivity contribution is 8.00. The van der Waals surface area contributed by atoms with Crippen LogP contribution in [0, 0.1) is 0 Å². The number of hydrogen-bond acceptors (Lipinski definition) is 6. The first-order chi connectivity index (χ1) is 10.3. The molecule has 1 aliphatic rings. The summed E-state index contributed by atoms with van der Waals surface area (Å²) in [5.74, 6) is 0.560. The normalized spacial score (nSPS) is 17.7. The molecule has 0 N–H and O–H groups in total. The smallest absolute Gasteiger partial charge is 0.319 e. The molecule has 0 amide bonds. The summed E-state index contributed by atoms with van der Waals surface area (Å²) in [5, 5.41) is 8.94. The third-order valence-electron chi connectivity index (χ3n) is 3.10. The minimum atomic E-state index is -0.206. The summed E-state index contributed by atoms with van der Waals surface area (Å²) in [4.78, 5) is 15.6. The predicted molar refractivity (Wildman–Crippen MR) is 78.7 cm³/mol. The molecule has 1 saturated heterocycles. The highest BCUT2D eigenvalue weighted by atomic mass is 32.2. The van der Waals surface area contributed by atoms with E-state index in [9.17, 15) is 4.79 Å². The fourth-order valence-electron chi connectivity index (χ4n) is 2.10. The van der Waals surface area contributed by atoms with Crippen LogP contribution < -0.4 is 0 Å². The number of aromatic nitrogens is 4. The van der Waals surface area contributed by atoms with Crippen molar-refractivity contribution in [2.75, 3.05) is 6.61 Å². The van der Waals surface area contributed by atoms with E-state index in [2.05, 4.69) is 21.8 Å². The van der Waals surface area contributed by atoms with E-state index in [1.807, 2.05) is 16.7 Å². The second kappa shape index (κ2) is 6.09. The number of esters is 1. The van der Waals surface area contributed by atoms with Crippen LogP contribution in [-0.2, 0) is 16.1 Å². The van der Waals surface area contributed by atoms with Crippen molar-refractivity contribution in [3.8, 4) is 11.4 Å². The molecular weight excluding hydrogens is 288 g/mol. The minimum Gasteiger partial charge on any atom is -0.465 e. The molecule has 1 fully saturated rings. The lowest BCUT2D eigenvalue weighted by Gasteiger charge is -2.09. The first-order valence-corrected chi connectivity index (χ1v) is 7.45. The Kier molecular flexibility index (Phi) is 4.01. The summed E-state index contributed by atoms with van der Waals surface area (Å²) in [6.07, 6.45) is 5.91. The zero-order valence-corrected chi connectivity index (χ0v) is 12.1. The van der Waals surface area contributed by atoms with Crippen molar-refractivity contribution >= 4 is 17.7 Å². The van der Waals surface area contributed by atoms with Gasteiger partial charge in [0.1, 0.15) is 5.25 Å². The highest BCUT2D eigenvalue weighted by Gasteiger charge is 2.29. The van der Waals surface area contributed by atoms with E-state index in [-0.39, 0.29) is 11.2 Å². The van der Waals surface area contributed by atoms with Crippen molar-refractivity contribution in [3.05, 3.63) is 37.2 Å². The lowest BCUT2D eigenvalue weighted by molar-refractivity contribution is -0.137. The van der Waals surface area contributed by atoms with E-state index in [0.717, 1.165) is 11.4 Å². The van der Waals surface area contributed by atoms with Crippen molar-refractivity contribution in [2.45, 2.75) is 23.4 Å². The molecule has 0 aromatic carbocycles. The van der Waals surface area contributed by atoms with Crippen molar-refractivity contribution in [1.82, 2.24) is 19.7 Å². The fraction of sp³-hybridized carbons (Fsp3) is 0.286. The van der Waals surface area contributed by atoms with E-state index < -0.39 is 0 Å². The van der Waals surface area contributed by atoms with Gasteiger partial charge in [0.25, 0.3) is 0 Å². The maximum absolute atomic E-state index is 11.6. The summed E-state index contributed by atoms with van der Waals surface area (Å²) < 4.78 is 6.93. The Labute approximate surface area is 126 Å². The summed E-state index contributed by atoms with van der Waals surface area (Å²) in [6, 6.07) is 3.75. The van der Waals surface area contributed by atoms with Gasteiger partial charge >= 0.3 is 5.97 Å². The van der Waals surface area contributed by atoms with Crippen LogP contribution in [0.2, 0.25) is 0 Å². The van der Waals surface area contributed by atoms with Crippen molar-refractivity contribution in [3.63, 3.8) is 0 Å². The Morgan fingerprint density at radius 3 is 2.90 bits per heavy atom. The number of pyridine rings is 1. The molecule has 3 rings (SSSR count). The molecule has 1 aliphatic heterocycles. The zero-order chi connectivity index (χ0) is 14.7. The topological polar surface area (TPSA) is 69.9 Å². The average Bonchev–Trinajstić information content (AvgIpc) is 3.09. The van der Waals surface area contributed by atoms with Crippen molar-refractivity contribution in [1.29, 1.82) is 0 Å². The van der Waals surface area contributed by atoms with Gasteiger partial charge in [-0.2, -0.15) is 0 Å². The SMILES string of the molecule is C=CCn1c(S[C@H]2CCOC2=O)nnc1-c1ccncc1. The maximum Gasteiger partial charge on any atom is 0.319 e. The first kappa shape index (κ1) is 13.8. The third kappa shape index (κ3) is 2.82. The molecule has 0 unspecified atom stereocenters. The molecule has 2 aromatic rings. The van der Waals surface area contributed by atoms with Crippen molar-refractivity contribution < 1.29 is 9.53 Å². The van der Waals surface area contributed by atoms with Gasteiger partial charge < -0.3 is 4.74 Å². The highest BCUT2D eigenvalue weighted by Crippen LogP contribution is 2.30. The predicted octanol–water partition coefficient (Wildman–Crippen LogP) is 1.93.